The van der Waals surface area contributed by atoms with Gasteiger partial charge in [0.05, 0.1) is 5.69 Å². The van der Waals surface area contributed by atoms with Crippen LogP contribution in [0, 0.1) is 5.82 Å². The maximum Gasteiger partial charge on any atom is 0.340 e. The molecule has 4 N–H and O–H groups in total. The fourth-order valence-electron chi connectivity index (χ4n) is 1.19. The molecule has 1 aromatic carbocycles. The Labute approximate surface area is 91.1 Å². The van der Waals surface area contributed by atoms with Crippen LogP contribution in [-0.2, 0) is 4.79 Å². The SMILES string of the molecule is NCCC(=O)Nc1cccc(F)c1C(=O)O. The topological polar surface area (TPSA) is 92.4 Å². The Balaban J connectivity index is 3.00. The van der Waals surface area contributed by atoms with Crippen LogP contribution < -0.4 is 11.1 Å². The number of hydrogen-bond donors (Lipinski definition) is 3. The van der Waals surface area contributed by atoms with E-state index in [9.17, 15) is 14.0 Å². The van der Waals surface area contributed by atoms with Crippen molar-refractivity contribution in [2.75, 3.05) is 11.9 Å². The molecule has 6 heteroatoms. The first-order chi connectivity index (χ1) is 7.56. The number of halogens is 1. The molecule has 1 rings (SSSR count). The van der Waals surface area contributed by atoms with Gasteiger partial charge >= 0.3 is 5.97 Å². The van der Waals surface area contributed by atoms with Gasteiger partial charge in [0.15, 0.2) is 0 Å². The number of amides is 1. The molecule has 0 fully saturated rings. The molecule has 0 aliphatic rings. The largest absolute Gasteiger partial charge is 0.478 e. The third kappa shape index (κ3) is 2.77. The molecule has 16 heavy (non-hydrogen) atoms. The van der Waals surface area contributed by atoms with Crippen LogP contribution in [0.5, 0.6) is 0 Å². The van der Waals surface area contributed by atoms with Crippen LogP contribution >= 0.6 is 0 Å². The first kappa shape index (κ1) is 12.1. The molecule has 5 nitrogen and oxygen atoms in total. The Kier molecular flexibility index (Phi) is 3.96. The number of rotatable bonds is 4. The lowest BCUT2D eigenvalue weighted by molar-refractivity contribution is -0.116. The summed E-state index contributed by atoms with van der Waals surface area (Å²) in [5, 5.41) is 11.1. The number of carboxylic acid groups (broad SMARTS) is 1. The molecule has 0 aromatic heterocycles. The zero-order valence-corrected chi connectivity index (χ0v) is 8.37. The van der Waals surface area contributed by atoms with Crippen LogP contribution in [-0.4, -0.2) is 23.5 Å². The molecule has 0 saturated heterocycles. The fourth-order valence-corrected chi connectivity index (χ4v) is 1.19. The van der Waals surface area contributed by atoms with Crippen LogP contribution in [0.1, 0.15) is 16.8 Å². The predicted molar refractivity (Wildman–Crippen MR) is 55.7 cm³/mol. The lowest BCUT2D eigenvalue weighted by Crippen LogP contribution is -2.18. The van der Waals surface area contributed by atoms with Gasteiger partial charge < -0.3 is 16.2 Å². The van der Waals surface area contributed by atoms with Crippen molar-refractivity contribution in [1.29, 1.82) is 0 Å². The molecule has 0 atom stereocenters. The van der Waals surface area contributed by atoms with E-state index in [0.717, 1.165) is 6.07 Å². The normalized spacial score (nSPS) is 9.88. The minimum absolute atomic E-state index is 0.0512. The Morgan fingerprint density at radius 2 is 2.12 bits per heavy atom. The summed E-state index contributed by atoms with van der Waals surface area (Å²) in [5.41, 5.74) is 4.55. The van der Waals surface area contributed by atoms with Crippen LogP contribution in [0.3, 0.4) is 0 Å². The maximum atomic E-state index is 13.2. The number of anilines is 1. The minimum atomic E-state index is -1.43. The van der Waals surface area contributed by atoms with Gasteiger partial charge in [-0.25, -0.2) is 9.18 Å². The van der Waals surface area contributed by atoms with Crippen molar-refractivity contribution >= 4 is 17.6 Å². The second-order valence-electron chi connectivity index (χ2n) is 3.05. The molecule has 0 radical (unpaired) electrons. The van der Waals surface area contributed by atoms with Gasteiger partial charge in [0.1, 0.15) is 11.4 Å². The van der Waals surface area contributed by atoms with E-state index in [1.54, 1.807) is 0 Å². The number of nitrogens with one attached hydrogen (secondary N) is 1. The van der Waals surface area contributed by atoms with Crippen molar-refractivity contribution in [3.05, 3.63) is 29.6 Å². The van der Waals surface area contributed by atoms with E-state index in [1.165, 1.54) is 12.1 Å². The Morgan fingerprint density at radius 1 is 1.44 bits per heavy atom. The molecular weight excluding hydrogens is 215 g/mol. The fraction of sp³-hybridized carbons (Fsp3) is 0.200. The van der Waals surface area contributed by atoms with E-state index in [4.69, 9.17) is 10.8 Å². The number of carbonyl (C=O) groups excluding carboxylic acids is 1. The van der Waals surface area contributed by atoms with Crippen molar-refractivity contribution in [2.24, 2.45) is 5.73 Å². The van der Waals surface area contributed by atoms with Gasteiger partial charge in [-0.15, -0.1) is 0 Å². The third-order valence-electron chi connectivity index (χ3n) is 1.87. The Morgan fingerprint density at radius 3 is 2.69 bits per heavy atom. The molecule has 0 bridgehead atoms. The molecular formula is C10H11FN2O3. The number of hydrogen-bond acceptors (Lipinski definition) is 3. The summed E-state index contributed by atoms with van der Waals surface area (Å²) >= 11 is 0. The summed E-state index contributed by atoms with van der Waals surface area (Å²) in [4.78, 5) is 22.0. The summed E-state index contributed by atoms with van der Waals surface area (Å²) in [5.74, 6) is -2.77. The Bertz CT molecular complexity index is 421. The minimum Gasteiger partial charge on any atom is -0.478 e. The molecule has 1 aromatic rings. The van der Waals surface area contributed by atoms with Gasteiger partial charge in [0.25, 0.3) is 0 Å². The van der Waals surface area contributed by atoms with Crippen LogP contribution in [0.15, 0.2) is 18.2 Å². The van der Waals surface area contributed by atoms with Crippen molar-refractivity contribution in [2.45, 2.75) is 6.42 Å². The van der Waals surface area contributed by atoms with Gasteiger partial charge in [-0.1, -0.05) is 6.07 Å². The molecule has 0 unspecified atom stereocenters. The van der Waals surface area contributed by atoms with E-state index >= 15 is 0 Å². The Hall–Kier alpha value is -1.95. The van der Waals surface area contributed by atoms with Crippen molar-refractivity contribution in [3.63, 3.8) is 0 Å². The van der Waals surface area contributed by atoms with Crippen molar-refractivity contribution in [1.82, 2.24) is 0 Å². The quantitative estimate of drug-likeness (QED) is 0.708. The highest BCUT2D eigenvalue weighted by Crippen LogP contribution is 2.18. The number of benzene rings is 1. The van der Waals surface area contributed by atoms with Gasteiger partial charge in [-0.3, -0.25) is 4.79 Å². The van der Waals surface area contributed by atoms with E-state index < -0.39 is 23.3 Å². The summed E-state index contributed by atoms with van der Waals surface area (Å²) in [7, 11) is 0. The lowest BCUT2D eigenvalue weighted by Gasteiger charge is -2.08. The van der Waals surface area contributed by atoms with Crippen LogP contribution in [0.25, 0.3) is 0 Å². The maximum absolute atomic E-state index is 13.2. The average Bonchev–Trinajstić information content (AvgIpc) is 2.17. The van der Waals surface area contributed by atoms with Gasteiger partial charge in [-0.05, 0) is 12.1 Å². The average molecular weight is 226 g/mol. The highest BCUT2D eigenvalue weighted by atomic mass is 19.1. The van der Waals surface area contributed by atoms with Crippen molar-refractivity contribution in [3.8, 4) is 0 Å². The molecule has 0 saturated carbocycles. The van der Waals surface area contributed by atoms with E-state index in [0.29, 0.717) is 0 Å². The van der Waals surface area contributed by atoms with Crippen molar-refractivity contribution < 1.29 is 19.1 Å². The molecule has 86 valence electrons. The number of carbonyl (C=O) groups is 2. The molecule has 1 amide bonds. The first-order valence-corrected chi connectivity index (χ1v) is 4.58. The summed E-state index contributed by atoms with van der Waals surface area (Å²) in [6, 6.07) is 3.66. The van der Waals surface area contributed by atoms with Gasteiger partial charge in [-0.2, -0.15) is 0 Å². The van der Waals surface area contributed by atoms with Crippen LogP contribution in [0.4, 0.5) is 10.1 Å². The molecule has 0 aliphatic heterocycles. The molecule has 0 aliphatic carbocycles. The summed E-state index contributed by atoms with van der Waals surface area (Å²) in [6.45, 7) is 0.142. The lowest BCUT2D eigenvalue weighted by atomic mass is 10.1. The second-order valence-corrected chi connectivity index (χ2v) is 3.05. The highest BCUT2D eigenvalue weighted by Gasteiger charge is 2.16. The number of aromatic carboxylic acids is 1. The summed E-state index contributed by atoms with van der Waals surface area (Å²) in [6.07, 6.45) is 0.0512. The number of carboxylic acids is 1. The van der Waals surface area contributed by atoms with Gasteiger partial charge in [0, 0.05) is 13.0 Å². The highest BCUT2D eigenvalue weighted by molar-refractivity contribution is 6.00. The predicted octanol–water partition coefficient (Wildman–Crippen LogP) is 0.811. The summed E-state index contributed by atoms with van der Waals surface area (Å²) < 4.78 is 13.2. The first-order valence-electron chi connectivity index (χ1n) is 4.58. The third-order valence-corrected chi connectivity index (χ3v) is 1.87. The smallest absolute Gasteiger partial charge is 0.340 e. The zero-order valence-electron chi connectivity index (χ0n) is 8.37. The van der Waals surface area contributed by atoms with E-state index in [1.807, 2.05) is 0 Å². The monoisotopic (exact) mass is 226 g/mol. The second kappa shape index (κ2) is 5.22. The van der Waals surface area contributed by atoms with E-state index in [-0.39, 0.29) is 18.7 Å². The van der Waals surface area contributed by atoms with E-state index in [2.05, 4.69) is 5.32 Å². The number of nitrogens with two attached hydrogens (primary N) is 1. The molecule has 0 heterocycles. The zero-order chi connectivity index (χ0) is 12.1. The van der Waals surface area contributed by atoms with Crippen LogP contribution in [0.2, 0.25) is 0 Å². The standard InChI is InChI=1S/C10H11FN2O3/c11-6-2-1-3-7(9(6)10(15)16)13-8(14)4-5-12/h1-3H,4-5,12H2,(H,13,14)(H,15,16). The molecule has 0 spiro atoms. The van der Waals surface area contributed by atoms with Gasteiger partial charge in [0.2, 0.25) is 5.91 Å².